The molecule has 0 amide bonds. The molecular formula is C15H14ClN3O2. The van der Waals surface area contributed by atoms with Crippen molar-refractivity contribution in [1.29, 1.82) is 0 Å². The minimum absolute atomic E-state index is 0.562. The van der Waals surface area contributed by atoms with Crippen LogP contribution >= 0.6 is 11.6 Å². The molecule has 0 fully saturated rings. The molecule has 3 aromatic heterocycles. The van der Waals surface area contributed by atoms with Crippen molar-refractivity contribution in [3.63, 3.8) is 0 Å². The number of halogens is 1. The van der Waals surface area contributed by atoms with Crippen LogP contribution in [0.5, 0.6) is 0 Å². The zero-order chi connectivity index (χ0) is 15.0. The smallest absolute Gasteiger partial charge is 0.185 e. The van der Waals surface area contributed by atoms with E-state index < -0.39 is 6.29 Å². The number of aliphatic hydroxyl groups excluding tert-OH is 1. The lowest BCUT2D eigenvalue weighted by Gasteiger charge is -2.09. The highest BCUT2D eigenvalue weighted by molar-refractivity contribution is 6.30. The molecule has 1 atom stereocenters. The van der Waals surface area contributed by atoms with E-state index in [1.54, 1.807) is 22.8 Å². The van der Waals surface area contributed by atoms with E-state index in [2.05, 4.69) is 10.1 Å². The summed E-state index contributed by atoms with van der Waals surface area (Å²) in [6, 6.07) is 9.20. The highest BCUT2D eigenvalue weighted by atomic mass is 35.5. The van der Waals surface area contributed by atoms with Crippen molar-refractivity contribution < 1.29 is 9.84 Å². The summed E-state index contributed by atoms with van der Waals surface area (Å²) in [5.74, 6) is 0. The second kappa shape index (κ2) is 5.44. The average molecular weight is 304 g/mol. The standard InChI is InChI=1S/C15H14ClN3O2/c1-9-4-3-5-11(17-9)14-13(15(20)21-2)12-7-6-10(16)8-19(12)18-14/h3-8,15,20H,1-2H3. The summed E-state index contributed by atoms with van der Waals surface area (Å²) >= 11 is 5.99. The first-order chi connectivity index (χ1) is 10.1. The highest BCUT2D eigenvalue weighted by Gasteiger charge is 2.22. The number of aliphatic hydroxyl groups is 1. The number of ether oxygens (including phenoxy) is 1. The summed E-state index contributed by atoms with van der Waals surface area (Å²) in [4.78, 5) is 4.46. The number of hydrogen-bond acceptors (Lipinski definition) is 4. The van der Waals surface area contributed by atoms with Crippen LogP contribution in [-0.2, 0) is 4.74 Å². The van der Waals surface area contributed by atoms with Crippen molar-refractivity contribution in [3.8, 4) is 11.4 Å². The van der Waals surface area contributed by atoms with Gasteiger partial charge in [-0.05, 0) is 31.2 Å². The number of fused-ring (bicyclic) bond motifs is 1. The normalized spacial score (nSPS) is 12.8. The number of nitrogens with zero attached hydrogens (tertiary/aromatic N) is 3. The van der Waals surface area contributed by atoms with Gasteiger partial charge in [0.05, 0.1) is 21.8 Å². The number of methoxy groups -OCH3 is 1. The average Bonchev–Trinajstić information content (AvgIpc) is 2.84. The molecule has 21 heavy (non-hydrogen) atoms. The number of aryl methyl sites for hydroxylation is 1. The molecule has 108 valence electrons. The first-order valence-corrected chi connectivity index (χ1v) is 6.80. The second-order valence-electron chi connectivity index (χ2n) is 4.69. The Morgan fingerprint density at radius 1 is 1.29 bits per heavy atom. The number of rotatable bonds is 3. The topological polar surface area (TPSA) is 59.7 Å². The van der Waals surface area contributed by atoms with E-state index in [4.69, 9.17) is 16.3 Å². The van der Waals surface area contributed by atoms with Crippen molar-refractivity contribution in [2.45, 2.75) is 13.2 Å². The van der Waals surface area contributed by atoms with Gasteiger partial charge in [0.25, 0.3) is 0 Å². The van der Waals surface area contributed by atoms with E-state index in [1.165, 1.54) is 7.11 Å². The van der Waals surface area contributed by atoms with Gasteiger partial charge in [-0.3, -0.25) is 4.98 Å². The number of pyridine rings is 2. The van der Waals surface area contributed by atoms with Crippen molar-refractivity contribution in [2.24, 2.45) is 0 Å². The Morgan fingerprint density at radius 3 is 2.81 bits per heavy atom. The molecule has 3 aromatic rings. The molecule has 0 saturated heterocycles. The van der Waals surface area contributed by atoms with Gasteiger partial charge in [-0.15, -0.1) is 0 Å². The molecule has 5 nitrogen and oxygen atoms in total. The molecule has 0 aliphatic heterocycles. The lowest BCUT2D eigenvalue weighted by molar-refractivity contribution is -0.0755. The molecule has 3 rings (SSSR count). The van der Waals surface area contributed by atoms with Gasteiger partial charge in [0, 0.05) is 19.0 Å². The predicted molar refractivity (Wildman–Crippen MR) is 80.1 cm³/mol. The lowest BCUT2D eigenvalue weighted by Crippen LogP contribution is -2.01. The Morgan fingerprint density at radius 2 is 2.10 bits per heavy atom. The first-order valence-electron chi connectivity index (χ1n) is 6.43. The van der Waals surface area contributed by atoms with Gasteiger partial charge in [0.1, 0.15) is 5.69 Å². The first kappa shape index (κ1) is 14.0. The van der Waals surface area contributed by atoms with E-state index in [1.807, 2.05) is 25.1 Å². The Balaban J connectivity index is 2.30. The maximum Gasteiger partial charge on any atom is 0.185 e. The fourth-order valence-corrected chi connectivity index (χ4v) is 2.42. The van der Waals surface area contributed by atoms with Gasteiger partial charge in [0.2, 0.25) is 0 Å². The van der Waals surface area contributed by atoms with E-state index >= 15 is 0 Å². The molecule has 0 aromatic carbocycles. The summed E-state index contributed by atoms with van der Waals surface area (Å²) < 4.78 is 6.69. The monoisotopic (exact) mass is 303 g/mol. The van der Waals surface area contributed by atoms with Gasteiger partial charge < -0.3 is 9.84 Å². The van der Waals surface area contributed by atoms with E-state index in [9.17, 15) is 5.11 Å². The van der Waals surface area contributed by atoms with Crippen LogP contribution in [0.3, 0.4) is 0 Å². The van der Waals surface area contributed by atoms with Crippen LogP contribution < -0.4 is 0 Å². The van der Waals surface area contributed by atoms with E-state index in [-0.39, 0.29) is 0 Å². The minimum atomic E-state index is -1.08. The number of aromatic nitrogens is 3. The van der Waals surface area contributed by atoms with Crippen molar-refractivity contribution in [1.82, 2.24) is 14.6 Å². The molecular weight excluding hydrogens is 290 g/mol. The highest BCUT2D eigenvalue weighted by Crippen LogP contribution is 2.31. The molecule has 6 heteroatoms. The van der Waals surface area contributed by atoms with Gasteiger partial charge >= 0.3 is 0 Å². The Hall–Kier alpha value is -1.95. The maximum atomic E-state index is 10.2. The third-order valence-corrected chi connectivity index (χ3v) is 3.46. The summed E-state index contributed by atoms with van der Waals surface area (Å²) in [6.07, 6.45) is 0.600. The fraction of sp³-hybridized carbons (Fsp3) is 0.200. The Labute approximate surface area is 126 Å². The molecule has 0 radical (unpaired) electrons. The largest absolute Gasteiger partial charge is 0.364 e. The van der Waals surface area contributed by atoms with Gasteiger partial charge in [-0.2, -0.15) is 5.10 Å². The van der Waals surface area contributed by atoms with Crippen molar-refractivity contribution >= 4 is 17.1 Å². The van der Waals surface area contributed by atoms with Gasteiger partial charge in [0.15, 0.2) is 6.29 Å². The third kappa shape index (κ3) is 2.51. The van der Waals surface area contributed by atoms with Crippen LogP contribution in [0.2, 0.25) is 5.02 Å². The molecule has 0 bridgehead atoms. The van der Waals surface area contributed by atoms with Crippen LogP contribution in [0.15, 0.2) is 36.5 Å². The van der Waals surface area contributed by atoms with Crippen molar-refractivity contribution in [2.75, 3.05) is 7.11 Å². The second-order valence-corrected chi connectivity index (χ2v) is 5.13. The SMILES string of the molecule is COC(O)c1c(-c2cccc(C)n2)nn2cc(Cl)ccc12. The number of hydrogen-bond donors (Lipinski definition) is 1. The summed E-state index contributed by atoms with van der Waals surface area (Å²) in [5, 5.41) is 15.2. The Kier molecular flexibility index (Phi) is 3.63. The zero-order valence-electron chi connectivity index (χ0n) is 11.6. The molecule has 0 aliphatic carbocycles. The van der Waals surface area contributed by atoms with Gasteiger partial charge in [-0.25, -0.2) is 4.52 Å². The summed E-state index contributed by atoms with van der Waals surface area (Å²) in [5.41, 5.74) is 3.44. The summed E-state index contributed by atoms with van der Waals surface area (Å²) in [7, 11) is 1.44. The predicted octanol–water partition coefficient (Wildman–Crippen LogP) is 3.00. The molecule has 3 heterocycles. The minimum Gasteiger partial charge on any atom is -0.364 e. The summed E-state index contributed by atoms with van der Waals surface area (Å²) in [6.45, 7) is 1.91. The van der Waals surface area contributed by atoms with Crippen LogP contribution in [0, 0.1) is 6.92 Å². The fourth-order valence-electron chi connectivity index (χ4n) is 2.27. The van der Waals surface area contributed by atoms with Crippen molar-refractivity contribution in [3.05, 3.63) is 52.8 Å². The van der Waals surface area contributed by atoms with Crippen LogP contribution in [0.25, 0.3) is 16.9 Å². The van der Waals surface area contributed by atoms with Gasteiger partial charge in [-0.1, -0.05) is 17.7 Å². The third-order valence-electron chi connectivity index (χ3n) is 3.23. The molecule has 0 saturated carbocycles. The lowest BCUT2D eigenvalue weighted by atomic mass is 10.1. The maximum absolute atomic E-state index is 10.2. The van der Waals surface area contributed by atoms with Crippen LogP contribution in [0.4, 0.5) is 0 Å². The molecule has 1 unspecified atom stereocenters. The van der Waals surface area contributed by atoms with Crippen LogP contribution in [0.1, 0.15) is 17.5 Å². The zero-order valence-corrected chi connectivity index (χ0v) is 12.4. The molecule has 0 aliphatic rings. The molecule has 0 spiro atoms. The van der Waals surface area contributed by atoms with Crippen LogP contribution in [-0.4, -0.2) is 26.8 Å². The van der Waals surface area contributed by atoms with E-state index in [0.717, 1.165) is 11.2 Å². The van der Waals surface area contributed by atoms with E-state index in [0.29, 0.717) is 22.0 Å². The quantitative estimate of drug-likeness (QED) is 0.756. The Bertz CT molecular complexity index is 801. The molecule has 1 N–H and O–H groups in total.